The predicted molar refractivity (Wildman–Crippen MR) is 82.4 cm³/mol. The Morgan fingerprint density at radius 3 is 2.48 bits per heavy atom. The lowest BCUT2D eigenvalue weighted by Gasteiger charge is -2.45. The van der Waals surface area contributed by atoms with E-state index >= 15 is 0 Å². The SMILES string of the molecule is CC1(C)N[C@@H]2CS(=O)(=O)C[C@@H]2N(c2ccc(Cl)cc2)C1=O. The maximum Gasteiger partial charge on any atom is 0.247 e. The fourth-order valence-corrected chi connectivity index (χ4v) is 5.13. The Kier molecular flexibility index (Phi) is 3.31. The molecule has 2 aliphatic heterocycles. The Labute approximate surface area is 129 Å². The Morgan fingerprint density at radius 2 is 1.86 bits per heavy atom. The molecule has 0 radical (unpaired) electrons. The van der Waals surface area contributed by atoms with Gasteiger partial charge in [0.25, 0.3) is 0 Å². The molecule has 0 spiro atoms. The highest BCUT2D eigenvalue weighted by Gasteiger charge is 2.52. The molecular formula is C14H17ClN2O3S. The van der Waals surface area contributed by atoms with E-state index in [0.29, 0.717) is 10.7 Å². The summed E-state index contributed by atoms with van der Waals surface area (Å²) in [4.78, 5) is 14.3. The summed E-state index contributed by atoms with van der Waals surface area (Å²) < 4.78 is 23.9. The molecule has 1 aromatic carbocycles. The van der Waals surface area contributed by atoms with Crippen LogP contribution < -0.4 is 10.2 Å². The lowest BCUT2D eigenvalue weighted by atomic mass is 9.93. The molecular weight excluding hydrogens is 312 g/mol. The number of rotatable bonds is 1. The third-order valence-corrected chi connectivity index (χ3v) is 6.03. The summed E-state index contributed by atoms with van der Waals surface area (Å²) in [5, 5.41) is 3.75. The second-order valence-electron chi connectivity index (χ2n) is 6.17. The van der Waals surface area contributed by atoms with Crippen molar-refractivity contribution in [1.29, 1.82) is 0 Å². The number of amides is 1. The Balaban J connectivity index is 2.06. The van der Waals surface area contributed by atoms with Crippen LogP contribution in [0.15, 0.2) is 24.3 Å². The molecule has 2 saturated heterocycles. The minimum atomic E-state index is -3.13. The van der Waals surface area contributed by atoms with Crippen molar-refractivity contribution in [2.75, 3.05) is 16.4 Å². The summed E-state index contributed by atoms with van der Waals surface area (Å²) >= 11 is 5.89. The van der Waals surface area contributed by atoms with E-state index in [2.05, 4.69) is 5.32 Å². The third kappa shape index (κ3) is 2.56. The van der Waals surface area contributed by atoms with Crippen molar-refractivity contribution in [2.24, 2.45) is 0 Å². The minimum Gasteiger partial charge on any atom is -0.305 e. The minimum absolute atomic E-state index is 0.00485. The number of benzene rings is 1. The number of nitrogens with zero attached hydrogens (tertiary/aromatic N) is 1. The summed E-state index contributed by atoms with van der Waals surface area (Å²) in [7, 11) is -3.13. The second-order valence-corrected chi connectivity index (χ2v) is 8.76. The molecule has 2 aliphatic rings. The van der Waals surface area contributed by atoms with Crippen LogP contribution in [-0.4, -0.2) is 43.5 Å². The molecule has 0 saturated carbocycles. The van der Waals surface area contributed by atoms with Gasteiger partial charge in [0, 0.05) is 16.8 Å². The number of carbonyl (C=O) groups is 1. The van der Waals surface area contributed by atoms with Gasteiger partial charge in [0.1, 0.15) is 0 Å². The molecule has 0 aliphatic carbocycles. The third-order valence-electron chi connectivity index (χ3n) is 4.06. The highest BCUT2D eigenvalue weighted by atomic mass is 35.5. The number of anilines is 1. The quantitative estimate of drug-likeness (QED) is 0.842. The van der Waals surface area contributed by atoms with Gasteiger partial charge in [0.05, 0.1) is 23.1 Å². The molecule has 0 unspecified atom stereocenters. The van der Waals surface area contributed by atoms with Crippen molar-refractivity contribution < 1.29 is 13.2 Å². The first-order valence-electron chi connectivity index (χ1n) is 6.77. The number of halogens is 1. The summed E-state index contributed by atoms with van der Waals surface area (Å²) in [5.74, 6) is -0.0590. The van der Waals surface area contributed by atoms with Gasteiger partial charge in [-0.1, -0.05) is 11.6 Å². The first-order valence-corrected chi connectivity index (χ1v) is 8.97. The Hall–Kier alpha value is -1.11. The van der Waals surface area contributed by atoms with Crippen molar-refractivity contribution >= 4 is 33.0 Å². The monoisotopic (exact) mass is 328 g/mol. The van der Waals surface area contributed by atoms with Gasteiger partial charge in [-0.05, 0) is 38.1 Å². The lowest BCUT2D eigenvalue weighted by Crippen LogP contribution is -2.69. The van der Waals surface area contributed by atoms with Crippen LogP contribution in [0.1, 0.15) is 13.8 Å². The normalized spacial score (nSPS) is 30.2. The molecule has 7 heteroatoms. The van der Waals surface area contributed by atoms with Gasteiger partial charge in [0.15, 0.2) is 9.84 Å². The van der Waals surface area contributed by atoms with Gasteiger partial charge in [-0.2, -0.15) is 0 Å². The zero-order valence-corrected chi connectivity index (χ0v) is 13.4. The van der Waals surface area contributed by atoms with E-state index in [-0.39, 0.29) is 29.5 Å². The van der Waals surface area contributed by atoms with Gasteiger partial charge in [-0.15, -0.1) is 0 Å². The number of sulfone groups is 1. The van der Waals surface area contributed by atoms with Crippen LogP contribution >= 0.6 is 11.6 Å². The Bertz CT molecular complexity index is 685. The van der Waals surface area contributed by atoms with Gasteiger partial charge < -0.3 is 4.90 Å². The standard InChI is InChI=1S/C14H17ClN2O3S/c1-14(2)13(18)17(10-5-3-9(15)4-6-10)12-8-21(19,20)7-11(12)16-14/h3-6,11-12,16H,7-8H2,1-2H3/t11-,12+/m1/s1. The van der Waals surface area contributed by atoms with Gasteiger partial charge >= 0.3 is 0 Å². The summed E-state index contributed by atoms with van der Waals surface area (Å²) in [6.07, 6.45) is 0. The zero-order valence-electron chi connectivity index (χ0n) is 11.8. The molecule has 3 rings (SSSR count). The van der Waals surface area contributed by atoms with Crippen LogP contribution in [0.25, 0.3) is 0 Å². The van der Waals surface area contributed by atoms with E-state index in [0.717, 1.165) is 0 Å². The van der Waals surface area contributed by atoms with Crippen LogP contribution in [0.2, 0.25) is 5.02 Å². The molecule has 2 atom stereocenters. The zero-order chi connectivity index (χ0) is 15.4. The van der Waals surface area contributed by atoms with Crippen molar-refractivity contribution in [3.05, 3.63) is 29.3 Å². The van der Waals surface area contributed by atoms with Crippen molar-refractivity contribution in [1.82, 2.24) is 5.32 Å². The molecule has 2 fully saturated rings. The first kappa shape index (κ1) is 14.8. The molecule has 1 amide bonds. The van der Waals surface area contributed by atoms with E-state index in [1.54, 1.807) is 43.0 Å². The van der Waals surface area contributed by atoms with E-state index in [1.165, 1.54) is 0 Å². The Morgan fingerprint density at radius 1 is 1.24 bits per heavy atom. The summed E-state index contributed by atoms with van der Waals surface area (Å²) in [6.45, 7) is 3.55. The highest BCUT2D eigenvalue weighted by Crippen LogP contribution is 2.32. The molecule has 1 N–H and O–H groups in total. The maximum atomic E-state index is 12.7. The number of carbonyl (C=O) groups excluding carboxylic acids is 1. The number of fused-ring (bicyclic) bond motifs is 1. The largest absolute Gasteiger partial charge is 0.305 e. The van der Waals surface area contributed by atoms with Crippen LogP contribution in [-0.2, 0) is 14.6 Å². The summed E-state index contributed by atoms with van der Waals surface area (Å²) in [6, 6.07) is 6.32. The number of piperazine rings is 1. The fourth-order valence-electron chi connectivity index (χ4n) is 3.11. The highest BCUT2D eigenvalue weighted by molar-refractivity contribution is 7.91. The average Bonchev–Trinajstić information content (AvgIpc) is 2.65. The van der Waals surface area contributed by atoms with E-state index < -0.39 is 15.4 Å². The van der Waals surface area contributed by atoms with Crippen LogP contribution in [0.3, 0.4) is 0 Å². The van der Waals surface area contributed by atoms with Crippen LogP contribution in [0.5, 0.6) is 0 Å². The second kappa shape index (κ2) is 4.69. The molecule has 21 heavy (non-hydrogen) atoms. The van der Waals surface area contributed by atoms with Gasteiger partial charge in [0.2, 0.25) is 5.91 Å². The van der Waals surface area contributed by atoms with Crippen LogP contribution in [0.4, 0.5) is 5.69 Å². The first-order chi connectivity index (χ1) is 9.70. The van der Waals surface area contributed by atoms with Gasteiger partial charge in [-0.25, -0.2) is 8.42 Å². The predicted octanol–water partition coefficient (Wildman–Crippen LogP) is 1.22. The number of nitrogens with one attached hydrogen (secondary N) is 1. The van der Waals surface area contributed by atoms with E-state index in [1.807, 2.05) is 0 Å². The molecule has 2 heterocycles. The van der Waals surface area contributed by atoms with Crippen molar-refractivity contribution in [2.45, 2.75) is 31.5 Å². The smallest absolute Gasteiger partial charge is 0.247 e. The molecule has 1 aromatic rings. The summed E-state index contributed by atoms with van der Waals surface area (Å²) in [5.41, 5.74) is -0.105. The van der Waals surface area contributed by atoms with E-state index in [4.69, 9.17) is 11.6 Å². The van der Waals surface area contributed by atoms with Crippen LogP contribution in [0, 0.1) is 0 Å². The molecule has 114 valence electrons. The lowest BCUT2D eigenvalue weighted by molar-refractivity contribution is -0.126. The van der Waals surface area contributed by atoms with Crippen molar-refractivity contribution in [3.63, 3.8) is 0 Å². The van der Waals surface area contributed by atoms with Crippen molar-refractivity contribution in [3.8, 4) is 0 Å². The number of hydrogen-bond donors (Lipinski definition) is 1. The van der Waals surface area contributed by atoms with Gasteiger partial charge in [-0.3, -0.25) is 10.1 Å². The topological polar surface area (TPSA) is 66.5 Å². The van der Waals surface area contributed by atoms with E-state index in [9.17, 15) is 13.2 Å². The number of hydrogen-bond acceptors (Lipinski definition) is 4. The molecule has 0 aromatic heterocycles. The fraction of sp³-hybridized carbons (Fsp3) is 0.500. The molecule has 5 nitrogen and oxygen atoms in total. The maximum absolute atomic E-state index is 12.7. The molecule has 0 bridgehead atoms. The average molecular weight is 329 g/mol.